The van der Waals surface area contributed by atoms with Crippen LogP contribution in [0.3, 0.4) is 0 Å². The van der Waals surface area contributed by atoms with Gasteiger partial charge in [0.15, 0.2) is 22.1 Å². The monoisotopic (exact) mass is 264 g/mol. The minimum absolute atomic E-state index is 0.942. The number of rotatable bonds is 3. The summed E-state index contributed by atoms with van der Waals surface area (Å²) in [6, 6.07) is 16.5. The van der Waals surface area contributed by atoms with Crippen LogP contribution in [0.15, 0.2) is 48.5 Å². The molecule has 0 atom stereocenters. The number of aromatic amines is 4. The highest BCUT2D eigenvalue weighted by atomic mass is 14.9. The number of fused-ring (bicyclic) bond motifs is 2. The van der Waals surface area contributed by atoms with Gasteiger partial charge in [-0.2, -0.15) is 0 Å². The van der Waals surface area contributed by atoms with Crippen molar-refractivity contribution >= 4 is 22.1 Å². The lowest BCUT2D eigenvalue weighted by molar-refractivity contribution is -0.366. The second-order valence-electron chi connectivity index (χ2n) is 5.05. The summed E-state index contributed by atoms with van der Waals surface area (Å²) in [5.41, 5.74) is 4.62. The van der Waals surface area contributed by atoms with Crippen LogP contribution in [-0.4, -0.2) is 9.97 Å². The molecule has 0 unspecified atom stereocenters. The van der Waals surface area contributed by atoms with Gasteiger partial charge < -0.3 is 0 Å². The zero-order valence-corrected chi connectivity index (χ0v) is 11.0. The van der Waals surface area contributed by atoms with E-state index < -0.39 is 0 Å². The number of H-pyrrole nitrogens is 4. The molecule has 4 N–H and O–H groups in total. The van der Waals surface area contributed by atoms with Crippen LogP contribution in [0.25, 0.3) is 22.1 Å². The van der Waals surface area contributed by atoms with Crippen LogP contribution in [0.4, 0.5) is 0 Å². The normalized spacial score (nSPS) is 11.4. The van der Waals surface area contributed by atoms with Gasteiger partial charge in [-0.25, -0.2) is 19.9 Å². The number of imidazole rings is 2. The molecule has 98 valence electrons. The highest BCUT2D eigenvalue weighted by molar-refractivity contribution is 5.71. The van der Waals surface area contributed by atoms with E-state index in [2.05, 4.69) is 44.2 Å². The summed E-state index contributed by atoms with van der Waals surface area (Å²) in [4.78, 5) is 13.7. The molecule has 0 aliphatic carbocycles. The van der Waals surface area contributed by atoms with Crippen molar-refractivity contribution < 1.29 is 9.97 Å². The highest BCUT2D eigenvalue weighted by Crippen LogP contribution is 2.09. The van der Waals surface area contributed by atoms with Gasteiger partial charge in [0.25, 0.3) is 11.6 Å². The maximum absolute atomic E-state index is 3.42. The Bertz CT molecular complexity index is 732. The molecule has 0 radical (unpaired) electrons. The Kier molecular flexibility index (Phi) is 2.52. The van der Waals surface area contributed by atoms with E-state index in [0.717, 1.165) is 46.6 Å². The second-order valence-corrected chi connectivity index (χ2v) is 5.05. The molecule has 2 heterocycles. The molecule has 0 aliphatic heterocycles. The fourth-order valence-corrected chi connectivity index (χ4v) is 2.61. The van der Waals surface area contributed by atoms with Gasteiger partial charge in [-0.05, 0) is 24.3 Å². The first-order chi connectivity index (χ1) is 9.88. The summed E-state index contributed by atoms with van der Waals surface area (Å²) < 4.78 is 0. The minimum Gasteiger partial charge on any atom is -0.241 e. The molecule has 2 aromatic carbocycles. The number of para-hydroxylation sites is 4. The Balaban J connectivity index is 1.57. The maximum Gasteiger partial charge on any atom is 0.253 e. The highest BCUT2D eigenvalue weighted by Gasteiger charge is 2.13. The van der Waals surface area contributed by atoms with Crippen LogP contribution in [0.1, 0.15) is 11.6 Å². The minimum atomic E-state index is 0.942. The number of benzene rings is 2. The molecule has 0 spiro atoms. The predicted molar refractivity (Wildman–Crippen MR) is 77.1 cm³/mol. The standard InChI is InChI=1S/C16H14N4/c1-2-6-12-11(5-1)17-15(18-12)9-10-16-19-13-7-3-4-8-14(13)20-16/h1-8H,9-10H2,(H,17,18)(H,19,20)/p+2. The zero-order valence-electron chi connectivity index (χ0n) is 11.0. The van der Waals surface area contributed by atoms with Crippen molar-refractivity contribution in [2.45, 2.75) is 12.8 Å². The SMILES string of the molecule is c1ccc2[nH+]c(CCc3[nH]c4ccccc4[nH+]3)[nH]c2c1. The van der Waals surface area contributed by atoms with Crippen LogP contribution in [-0.2, 0) is 12.8 Å². The van der Waals surface area contributed by atoms with Crippen molar-refractivity contribution in [1.29, 1.82) is 0 Å². The summed E-state index contributed by atoms with van der Waals surface area (Å²) in [5.74, 6) is 2.30. The fraction of sp³-hybridized carbons (Fsp3) is 0.125. The fourth-order valence-electron chi connectivity index (χ4n) is 2.61. The average Bonchev–Trinajstić information content (AvgIpc) is 3.07. The number of aromatic nitrogens is 4. The molecule has 4 heteroatoms. The molecule has 4 rings (SSSR count). The van der Waals surface area contributed by atoms with Gasteiger partial charge in [-0.1, -0.05) is 24.3 Å². The summed E-state index contributed by atoms with van der Waals surface area (Å²) in [6.07, 6.45) is 1.88. The van der Waals surface area contributed by atoms with E-state index in [-0.39, 0.29) is 0 Å². The van der Waals surface area contributed by atoms with Crippen molar-refractivity contribution in [2.75, 3.05) is 0 Å². The average molecular weight is 264 g/mol. The summed E-state index contributed by atoms with van der Waals surface area (Å²) in [6.45, 7) is 0. The van der Waals surface area contributed by atoms with E-state index >= 15 is 0 Å². The van der Waals surface area contributed by atoms with Crippen molar-refractivity contribution in [3.63, 3.8) is 0 Å². The number of hydrogen-bond donors (Lipinski definition) is 2. The molecule has 0 amide bonds. The summed E-state index contributed by atoms with van der Waals surface area (Å²) >= 11 is 0. The van der Waals surface area contributed by atoms with Crippen LogP contribution >= 0.6 is 0 Å². The number of hydrogen-bond acceptors (Lipinski definition) is 0. The Morgan fingerprint density at radius 2 is 1.10 bits per heavy atom. The lowest BCUT2D eigenvalue weighted by atomic mass is 10.3. The van der Waals surface area contributed by atoms with Gasteiger partial charge >= 0.3 is 0 Å². The Labute approximate surface area is 115 Å². The van der Waals surface area contributed by atoms with E-state index in [1.807, 2.05) is 24.3 Å². The molecule has 4 aromatic rings. The molecule has 20 heavy (non-hydrogen) atoms. The Morgan fingerprint density at radius 1 is 0.650 bits per heavy atom. The molecule has 0 bridgehead atoms. The van der Waals surface area contributed by atoms with Crippen molar-refractivity contribution in [2.24, 2.45) is 0 Å². The topological polar surface area (TPSA) is 59.9 Å². The van der Waals surface area contributed by atoms with Gasteiger partial charge in [0.2, 0.25) is 0 Å². The first kappa shape index (κ1) is 11.2. The van der Waals surface area contributed by atoms with Gasteiger partial charge in [-0.15, -0.1) is 0 Å². The van der Waals surface area contributed by atoms with E-state index in [0.29, 0.717) is 0 Å². The van der Waals surface area contributed by atoms with Gasteiger partial charge in [0, 0.05) is 0 Å². The van der Waals surface area contributed by atoms with Crippen LogP contribution < -0.4 is 9.97 Å². The third-order valence-corrected chi connectivity index (χ3v) is 3.62. The first-order valence-corrected chi connectivity index (χ1v) is 6.86. The van der Waals surface area contributed by atoms with Crippen molar-refractivity contribution in [3.05, 3.63) is 60.2 Å². The lowest BCUT2D eigenvalue weighted by Crippen LogP contribution is -2.13. The number of nitrogens with one attached hydrogen (secondary N) is 4. The molecular weight excluding hydrogens is 248 g/mol. The maximum atomic E-state index is 3.42. The van der Waals surface area contributed by atoms with Crippen LogP contribution in [0.2, 0.25) is 0 Å². The van der Waals surface area contributed by atoms with Gasteiger partial charge in [0.05, 0.1) is 12.8 Å². The quantitative estimate of drug-likeness (QED) is 0.569. The molecule has 2 aromatic heterocycles. The molecule has 0 saturated heterocycles. The third-order valence-electron chi connectivity index (χ3n) is 3.62. The first-order valence-electron chi connectivity index (χ1n) is 6.86. The molecular formula is C16H16N4+2. The van der Waals surface area contributed by atoms with E-state index in [1.165, 1.54) is 0 Å². The zero-order chi connectivity index (χ0) is 13.4. The smallest absolute Gasteiger partial charge is 0.241 e. The second kappa shape index (κ2) is 4.49. The summed E-state index contributed by atoms with van der Waals surface area (Å²) in [5, 5.41) is 0. The van der Waals surface area contributed by atoms with Crippen LogP contribution in [0.5, 0.6) is 0 Å². The molecule has 0 saturated carbocycles. The lowest BCUT2D eigenvalue weighted by Gasteiger charge is -1.85. The van der Waals surface area contributed by atoms with E-state index in [9.17, 15) is 0 Å². The molecule has 0 aliphatic rings. The van der Waals surface area contributed by atoms with Crippen molar-refractivity contribution in [1.82, 2.24) is 9.97 Å². The summed E-state index contributed by atoms with van der Waals surface area (Å²) in [7, 11) is 0. The number of aryl methyl sites for hydroxylation is 2. The Hall–Kier alpha value is -2.62. The predicted octanol–water partition coefficient (Wildman–Crippen LogP) is 2.06. The molecule has 4 nitrogen and oxygen atoms in total. The van der Waals surface area contributed by atoms with Crippen molar-refractivity contribution in [3.8, 4) is 0 Å². The Morgan fingerprint density at radius 3 is 1.55 bits per heavy atom. The molecule has 0 fully saturated rings. The van der Waals surface area contributed by atoms with E-state index in [1.54, 1.807) is 0 Å². The third kappa shape index (κ3) is 1.95. The van der Waals surface area contributed by atoms with Crippen LogP contribution in [0, 0.1) is 0 Å². The van der Waals surface area contributed by atoms with Gasteiger partial charge in [0.1, 0.15) is 0 Å². The van der Waals surface area contributed by atoms with Gasteiger partial charge in [-0.3, -0.25) is 0 Å². The largest absolute Gasteiger partial charge is 0.253 e. The van der Waals surface area contributed by atoms with E-state index in [4.69, 9.17) is 0 Å².